The molecule has 1 heterocycles. The smallest absolute Gasteiger partial charge is 0.331 e. The molecule has 0 fully saturated rings. The minimum absolute atomic E-state index is 0.190. The second-order valence-corrected chi connectivity index (χ2v) is 9.38. The summed E-state index contributed by atoms with van der Waals surface area (Å²) in [6.45, 7) is 5.35. The number of aromatic nitrogens is 1. The molecule has 0 radical (unpaired) electrons. The van der Waals surface area contributed by atoms with E-state index in [0.717, 1.165) is 15.1 Å². The Balaban J connectivity index is 1.78. The zero-order chi connectivity index (χ0) is 21.1. The maximum Gasteiger partial charge on any atom is 0.331 e. The molecular formula is C23H23NO4S. The minimum Gasteiger partial charge on any atom is -0.457 e. The van der Waals surface area contributed by atoms with E-state index in [4.69, 9.17) is 4.74 Å². The van der Waals surface area contributed by atoms with Gasteiger partial charge in [0, 0.05) is 18.5 Å². The van der Waals surface area contributed by atoms with Crippen LogP contribution >= 0.6 is 0 Å². The van der Waals surface area contributed by atoms with Crippen molar-refractivity contribution in [3.8, 4) is 11.1 Å². The molecule has 0 aliphatic heterocycles. The normalized spacial score (nSPS) is 12.2. The van der Waals surface area contributed by atoms with Crippen molar-refractivity contribution in [2.45, 2.75) is 31.3 Å². The fraction of sp³-hybridized carbons (Fsp3) is 0.174. The number of carbonyl (C=O) groups is 1. The van der Waals surface area contributed by atoms with Crippen LogP contribution in [0.5, 0.6) is 0 Å². The highest BCUT2D eigenvalue weighted by molar-refractivity contribution is 7.90. The van der Waals surface area contributed by atoms with Crippen LogP contribution in [0.2, 0.25) is 0 Å². The summed E-state index contributed by atoms with van der Waals surface area (Å²) in [7, 11) is -3.72. The van der Waals surface area contributed by atoms with E-state index in [2.05, 4.69) is 0 Å². The molecule has 0 atom stereocenters. The first-order valence-electron chi connectivity index (χ1n) is 9.15. The maximum absolute atomic E-state index is 12.9. The summed E-state index contributed by atoms with van der Waals surface area (Å²) in [5, 5.41) is 0. The van der Waals surface area contributed by atoms with Gasteiger partial charge in [0.2, 0.25) is 0 Å². The van der Waals surface area contributed by atoms with Gasteiger partial charge in [0.1, 0.15) is 5.60 Å². The average molecular weight is 410 g/mol. The van der Waals surface area contributed by atoms with Crippen LogP contribution in [0.25, 0.3) is 17.2 Å². The van der Waals surface area contributed by atoms with Gasteiger partial charge in [-0.25, -0.2) is 17.2 Å². The number of esters is 1. The molecule has 150 valence electrons. The van der Waals surface area contributed by atoms with E-state index in [9.17, 15) is 13.2 Å². The van der Waals surface area contributed by atoms with Gasteiger partial charge in [-0.1, -0.05) is 42.5 Å². The van der Waals surface area contributed by atoms with Crippen LogP contribution in [-0.2, 0) is 19.6 Å². The second-order valence-electron chi connectivity index (χ2n) is 7.54. The summed E-state index contributed by atoms with van der Waals surface area (Å²) in [5.74, 6) is -0.482. The Labute approximate surface area is 171 Å². The lowest BCUT2D eigenvalue weighted by Gasteiger charge is -2.17. The lowest BCUT2D eigenvalue weighted by molar-refractivity contribution is -0.148. The summed E-state index contributed by atoms with van der Waals surface area (Å²) in [5.41, 5.74) is 1.97. The van der Waals surface area contributed by atoms with Gasteiger partial charge >= 0.3 is 5.97 Å². The molecular weight excluding hydrogens is 386 g/mol. The largest absolute Gasteiger partial charge is 0.457 e. The van der Waals surface area contributed by atoms with Gasteiger partial charge in [-0.3, -0.25) is 0 Å². The van der Waals surface area contributed by atoms with E-state index < -0.39 is 21.6 Å². The van der Waals surface area contributed by atoms with Crippen molar-refractivity contribution in [3.63, 3.8) is 0 Å². The highest BCUT2D eigenvalue weighted by Crippen LogP contribution is 2.22. The van der Waals surface area contributed by atoms with Crippen LogP contribution in [0, 0.1) is 0 Å². The van der Waals surface area contributed by atoms with Crippen molar-refractivity contribution in [1.29, 1.82) is 0 Å². The van der Waals surface area contributed by atoms with E-state index in [-0.39, 0.29) is 4.90 Å². The Morgan fingerprint density at radius 1 is 0.931 bits per heavy atom. The SMILES string of the molecule is CC(C)(C)OC(=O)C=Cc1ccn(S(=O)(=O)c2ccc(-c3ccccc3)cc2)c1. The zero-order valence-corrected chi connectivity index (χ0v) is 17.4. The number of ether oxygens (including phenoxy) is 1. The van der Waals surface area contributed by atoms with Gasteiger partial charge in [0.15, 0.2) is 0 Å². The van der Waals surface area contributed by atoms with Crippen molar-refractivity contribution in [1.82, 2.24) is 3.97 Å². The average Bonchev–Trinajstić information content (AvgIpc) is 3.16. The van der Waals surface area contributed by atoms with Gasteiger partial charge in [-0.15, -0.1) is 0 Å². The highest BCUT2D eigenvalue weighted by Gasteiger charge is 2.17. The van der Waals surface area contributed by atoms with Crippen LogP contribution in [-0.4, -0.2) is 24.0 Å². The lowest BCUT2D eigenvalue weighted by Crippen LogP contribution is -2.22. The fourth-order valence-corrected chi connectivity index (χ4v) is 3.92. The van der Waals surface area contributed by atoms with E-state index in [0.29, 0.717) is 5.56 Å². The van der Waals surface area contributed by atoms with Crippen molar-refractivity contribution in [2.75, 3.05) is 0 Å². The Morgan fingerprint density at radius 2 is 1.55 bits per heavy atom. The van der Waals surface area contributed by atoms with Crippen LogP contribution in [0.1, 0.15) is 26.3 Å². The second kappa shape index (κ2) is 8.09. The Morgan fingerprint density at radius 3 is 2.17 bits per heavy atom. The molecule has 0 N–H and O–H groups in total. The number of benzene rings is 2. The first-order chi connectivity index (χ1) is 13.6. The Bertz CT molecular complexity index is 1120. The number of rotatable bonds is 5. The van der Waals surface area contributed by atoms with Crippen molar-refractivity contribution < 1.29 is 17.9 Å². The standard InChI is InChI=1S/C23H23NO4S/c1-23(2,3)28-22(25)14-9-18-15-16-24(17-18)29(26,27)21-12-10-20(11-13-21)19-7-5-4-6-8-19/h4-17H,1-3H3. The first-order valence-corrected chi connectivity index (χ1v) is 10.6. The summed E-state index contributed by atoms with van der Waals surface area (Å²) in [4.78, 5) is 12.0. The molecule has 6 heteroatoms. The molecule has 5 nitrogen and oxygen atoms in total. The van der Waals surface area contributed by atoms with Gasteiger partial charge in [0.25, 0.3) is 10.0 Å². The molecule has 0 saturated heterocycles. The molecule has 0 aliphatic rings. The first kappa shape index (κ1) is 20.6. The molecule has 0 spiro atoms. The summed E-state index contributed by atoms with van der Waals surface area (Å²) in [6, 6.07) is 18.1. The van der Waals surface area contributed by atoms with E-state index in [1.165, 1.54) is 24.5 Å². The number of nitrogens with zero attached hydrogens (tertiary/aromatic N) is 1. The van der Waals surface area contributed by atoms with Crippen molar-refractivity contribution in [3.05, 3.63) is 84.7 Å². The zero-order valence-electron chi connectivity index (χ0n) is 16.6. The fourth-order valence-electron chi connectivity index (χ4n) is 2.71. The highest BCUT2D eigenvalue weighted by atomic mass is 32.2. The van der Waals surface area contributed by atoms with Crippen LogP contribution in [0.4, 0.5) is 0 Å². The number of hydrogen-bond donors (Lipinski definition) is 0. The quantitative estimate of drug-likeness (QED) is 0.451. The van der Waals surface area contributed by atoms with Gasteiger partial charge < -0.3 is 4.74 Å². The molecule has 29 heavy (non-hydrogen) atoms. The summed E-state index contributed by atoms with van der Waals surface area (Å²) < 4.78 is 32.1. The molecule has 1 aromatic heterocycles. The lowest BCUT2D eigenvalue weighted by atomic mass is 10.1. The third kappa shape index (κ3) is 5.23. The third-order valence-electron chi connectivity index (χ3n) is 4.05. The van der Waals surface area contributed by atoms with E-state index in [1.807, 2.05) is 30.3 Å². The molecule has 0 amide bonds. The molecule has 0 saturated carbocycles. The van der Waals surface area contributed by atoms with Gasteiger partial charge in [0.05, 0.1) is 4.90 Å². The van der Waals surface area contributed by atoms with E-state index >= 15 is 0 Å². The molecule has 0 aliphatic carbocycles. The molecule has 3 rings (SSSR count). The van der Waals surface area contributed by atoms with Crippen molar-refractivity contribution in [2.24, 2.45) is 0 Å². The topological polar surface area (TPSA) is 65.4 Å². The molecule has 0 unspecified atom stereocenters. The molecule has 0 bridgehead atoms. The number of hydrogen-bond acceptors (Lipinski definition) is 4. The van der Waals surface area contributed by atoms with Gasteiger partial charge in [-0.05, 0) is 61.7 Å². The summed E-state index contributed by atoms with van der Waals surface area (Å²) in [6.07, 6.45) is 5.72. The monoisotopic (exact) mass is 409 g/mol. The maximum atomic E-state index is 12.9. The van der Waals surface area contributed by atoms with Crippen LogP contribution < -0.4 is 0 Å². The summed E-state index contributed by atoms with van der Waals surface area (Å²) >= 11 is 0. The van der Waals surface area contributed by atoms with Crippen molar-refractivity contribution >= 4 is 22.1 Å². The molecule has 2 aromatic carbocycles. The Hall–Kier alpha value is -3.12. The Kier molecular flexibility index (Phi) is 5.75. The predicted molar refractivity (Wildman–Crippen MR) is 114 cm³/mol. The molecule has 3 aromatic rings. The number of carbonyl (C=O) groups excluding carboxylic acids is 1. The predicted octanol–water partition coefficient (Wildman–Crippen LogP) is 4.75. The van der Waals surface area contributed by atoms with Crippen LogP contribution in [0.15, 0.2) is 84.0 Å². The minimum atomic E-state index is -3.72. The third-order valence-corrected chi connectivity index (χ3v) is 5.70. The van der Waals surface area contributed by atoms with E-state index in [1.54, 1.807) is 51.1 Å². The van der Waals surface area contributed by atoms with Crippen LogP contribution in [0.3, 0.4) is 0 Å². The van der Waals surface area contributed by atoms with Gasteiger partial charge in [-0.2, -0.15) is 0 Å².